The van der Waals surface area contributed by atoms with Gasteiger partial charge in [-0.1, -0.05) is 11.6 Å². The number of anilines is 1. The Kier molecular flexibility index (Phi) is 4.39. The first-order valence-electron chi connectivity index (χ1n) is 5.23. The Morgan fingerprint density at radius 2 is 2.18 bits per heavy atom. The van der Waals surface area contributed by atoms with Gasteiger partial charge in [-0.3, -0.25) is 0 Å². The van der Waals surface area contributed by atoms with E-state index in [0.29, 0.717) is 0 Å². The Bertz CT molecular complexity index is 481. The Morgan fingerprint density at radius 3 is 2.82 bits per heavy atom. The third-order valence-corrected chi connectivity index (χ3v) is 4.57. The largest absolute Gasteiger partial charge is 0.346 e. The van der Waals surface area contributed by atoms with E-state index < -0.39 is 0 Å². The summed E-state index contributed by atoms with van der Waals surface area (Å²) in [6.45, 7) is 1.72. The number of thiophene rings is 1. The maximum Gasteiger partial charge on any atom is 0.185 e. The fraction of sp³-hybridized carbons (Fsp3) is 0.364. The predicted octanol–water partition coefficient (Wildman–Crippen LogP) is 3.21. The molecule has 6 heteroatoms. The molecule has 0 aliphatic carbocycles. The molecule has 1 N–H and O–H groups in total. The molecule has 2 rings (SSSR count). The molecule has 3 nitrogen and oxygen atoms in total. The third kappa shape index (κ3) is 3.42. The van der Waals surface area contributed by atoms with Gasteiger partial charge < -0.3 is 10.2 Å². The lowest BCUT2D eigenvalue weighted by molar-refractivity contribution is 0.829. The van der Waals surface area contributed by atoms with Crippen molar-refractivity contribution in [2.45, 2.75) is 13.1 Å². The van der Waals surface area contributed by atoms with E-state index in [4.69, 9.17) is 11.6 Å². The first kappa shape index (κ1) is 12.8. The van der Waals surface area contributed by atoms with Crippen LogP contribution < -0.4 is 10.2 Å². The zero-order chi connectivity index (χ0) is 12.3. The molecule has 0 saturated heterocycles. The van der Waals surface area contributed by atoms with Crippen molar-refractivity contribution < 1.29 is 0 Å². The Morgan fingerprint density at radius 1 is 1.35 bits per heavy atom. The number of aromatic nitrogens is 1. The van der Waals surface area contributed by atoms with Gasteiger partial charge in [0, 0.05) is 29.5 Å². The van der Waals surface area contributed by atoms with Gasteiger partial charge in [-0.15, -0.1) is 22.7 Å². The molecule has 0 saturated carbocycles. The Hall–Kier alpha value is -0.620. The fourth-order valence-corrected chi connectivity index (χ4v) is 3.49. The quantitative estimate of drug-likeness (QED) is 0.915. The summed E-state index contributed by atoms with van der Waals surface area (Å²) in [5.41, 5.74) is 0. The standard InChI is InChI=1S/C11H14ClN3S2/c1-13-5-9-6-14-11(17-9)15(2)7-8-3-4-10(12)16-8/h3-4,6,13H,5,7H2,1-2H3. The van der Waals surface area contributed by atoms with Gasteiger partial charge >= 0.3 is 0 Å². The van der Waals surface area contributed by atoms with Crippen LogP contribution in [0.25, 0.3) is 0 Å². The van der Waals surface area contributed by atoms with Crippen molar-refractivity contribution in [3.8, 4) is 0 Å². The molecular weight excluding hydrogens is 274 g/mol. The van der Waals surface area contributed by atoms with Crippen molar-refractivity contribution in [1.29, 1.82) is 0 Å². The summed E-state index contributed by atoms with van der Waals surface area (Å²) in [6.07, 6.45) is 1.93. The van der Waals surface area contributed by atoms with E-state index in [2.05, 4.69) is 28.3 Å². The molecule has 2 aromatic heterocycles. The molecule has 0 atom stereocenters. The monoisotopic (exact) mass is 287 g/mol. The number of thiazole rings is 1. The highest BCUT2D eigenvalue weighted by Crippen LogP contribution is 2.26. The van der Waals surface area contributed by atoms with E-state index in [9.17, 15) is 0 Å². The first-order valence-corrected chi connectivity index (χ1v) is 7.25. The highest BCUT2D eigenvalue weighted by molar-refractivity contribution is 7.16. The van der Waals surface area contributed by atoms with E-state index >= 15 is 0 Å². The van der Waals surface area contributed by atoms with E-state index in [0.717, 1.165) is 22.6 Å². The first-order chi connectivity index (χ1) is 8.19. The number of rotatable bonds is 5. The maximum atomic E-state index is 5.91. The second-order valence-corrected chi connectivity index (χ2v) is 6.59. The molecule has 0 radical (unpaired) electrons. The molecule has 0 aliphatic rings. The highest BCUT2D eigenvalue weighted by Gasteiger charge is 2.08. The van der Waals surface area contributed by atoms with Crippen molar-refractivity contribution in [3.05, 3.63) is 32.4 Å². The van der Waals surface area contributed by atoms with E-state index in [1.807, 2.05) is 19.3 Å². The zero-order valence-corrected chi connectivity index (χ0v) is 12.1. The maximum absolute atomic E-state index is 5.91. The molecule has 2 heterocycles. The van der Waals surface area contributed by atoms with Crippen LogP contribution in [0.3, 0.4) is 0 Å². The summed E-state index contributed by atoms with van der Waals surface area (Å²) in [4.78, 5) is 9.06. The van der Waals surface area contributed by atoms with Crippen LogP contribution in [0.1, 0.15) is 9.75 Å². The SMILES string of the molecule is CNCc1cnc(N(C)Cc2ccc(Cl)s2)s1. The van der Waals surface area contributed by atoms with Crippen molar-refractivity contribution in [2.24, 2.45) is 0 Å². The normalized spacial score (nSPS) is 10.8. The average Bonchev–Trinajstić information content (AvgIpc) is 2.88. The summed E-state index contributed by atoms with van der Waals surface area (Å²) in [6, 6.07) is 4.00. The molecule has 0 aliphatic heterocycles. The van der Waals surface area contributed by atoms with E-state index in [1.165, 1.54) is 9.75 Å². The van der Waals surface area contributed by atoms with E-state index in [-0.39, 0.29) is 0 Å². The third-order valence-electron chi connectivity index (χ3n) is 2.24. The Balaban J connectivity index is 2.01. The summed E-state index contributed by atoms with van der Waals surface area (Å²) in [7, 11) is 3.99. The van der Waals surface area contributed by atoms with E-state index in [1.54, 1.807) is 22.7 Å². The summed E-state index contributed by atoms with van der Waals surface area (Å²) in [5.74, 6) is 0. The van der Waals surface area contributed by atoms with Crippen LogP contribution >= 0.6 is 34.3 Å². The van der Waals surface area contributed by atoms with Gasteiger partial charge in [0.25, 0.3) is 0 Å². The predicted molar refractivity (Wildman–Crippen MR) is 76.3 cm³/mol. The molecule has 2 aromatic rings. The van der Waals surface area contributed by atoms with Gasteiger partial charge in [-0.05, 0) is 19.2 Å². The lowest BCUT2D eigenvalue weighted by atomic mass is 10.4. The number of nitrogens with zero attached hydrogens (tertiary/aromatic N) is 2. The summed E-state index contributed by atoms with van der Waals surface area (Å²) in [5, 5.41) is 4.17. The molecule has 0 spiro atoms. The fourth-order valence-electron chi connectivity index (χ4n) is 1.47. The van der Waals surface area contributed by atoms with Crippen LogP contribution in [0.4, 0.5) is 5.13 Å². The molecule has 92 valence electrons. The van der Waals surface area contributed by atoms with Crippen LogP contribution in [0.5, 0.6) is 0 Å². The number of nitrogens with one attached hydrogen (secondary N) is 1. The van der Waals surface area contributed by atoms with Gasteiger partial charge in [0.2, 0.25) is 0 Å². The van der Waals surface area contributed by atoms with Crippen molar-refractivity contribution in [3.63, 3.8) is 0 Å². The van der Waals surface area contributed by atoms with Crippen LogP contribution in [0.2, 0.25) is 4.34 Å². The van der Waals surface area contributed by atoms with Crippen LogP contribution in [-0.2, 0) is 13.1 Å². The molecule has 0 unspecified atom stereocenters. The minimum atomic E-state index is 0.836. The second-order valence-electron chi connectivity index (χ2n) is 3.70. The van der Waals surface area contributed by atoms with Gasteiger partial charge in [0.15, 0.2) is 5.13 Å². The summed E-state index contributed by atoms with van der Waals surface area (Å²) >= 11 is 9.25. The summed E-state index contributed by atoms with van der Waals surface area (Å²) < 4.78 is 0.836. The van der Waals surface area contributed by atoms with Crippen molar-refractivity contribution >= 4 is 39.4 Å². The smallest absolute Gasteiger partial charge is 0.185 e. The van der Waals surface area contributed by atoms with Gasteiger partial charge in [-0.2, -0.15) is 0 Å². The molecule has 0 amide bonds. The topological polar surface area (TPSA) is 28.2 Å². The van der Waals surface area contributed by atoms with Crippen molar-refractivity contribution in [1.82, 2.24) is 10.3 Å². The number of halogens is 1. The molecule has 0 aromatic carbocycles. The van der Waals surface area contributed by atoms with Crippen LogP contribution in [0, 0.1) is 0 Å². The van der Waals surface area contributed by atoms with Gasteiger partial charge in [0.05, 0.1) is 10.9 Å². The minimum Gasteiger partial charge on any atom is -0.346 e. The lowest BCUT2D eigenvalue weighted by Gasteiger charge is -2.13. The highest BCUT2D eigenvalue weighted by atomic mass is 35.5. The number of hydrogen-bond donors (Lipinski definition) is 1. The molecule has 0 bridgehead atoms. The molecule has 0 fully saturated rings. The molecular formula is C11H14ClN3S2. The van der Waals surface area contributed by atoms with Crippen LogP contribution in [0.15, 0.2) is 18.3 Å². The minimum absolute atomic E-state index is 0.836. The second kappa shape index (κ2) is 5.82. The van der Waals surface area contributed by atoms with Crippen molar-refractivity contribution in [2.75, 3.05) is 19.0 Å². The van der Waals surface area contributed by atoms with Gasteiger partial charge in [-0.25, -0.2) is 4.98 Å². The zero-order valence-electron chi connectivity index (χ0n) is 9.74. The van der Waals surface area contributed by atoms with Gasteiger partial charge in [0.1, 0.15) is 0 Å². The average molecular weight is 288 g/mol. The number of hydrogen-bond acceptors (Lipinski definition) is 5. The lowest BCUT2D eigenvalue weighted by Crippen LogP contribution is -2.14. The molecule has 17 heavy (non-hydrogen) atoms. The Labute approximate surface area is 114 Å². The van der Waals surface area contributed by atoms with Crippen LogP contribution in [-0.4, -0.2) is 19.1 Å².